The Labute approximate surface area is 164 Å². The zero-order valence-corrected chi connectivity index (χ0v) is 16.7. The first-order chi connectivity index (χ1) is 13.5. The van der Waals surface area contributed by atoms with E-state index < -0.39 is 0 Å². The molecule has 0 saturated carbocycles. The minimum absolute atomic E-state index is 0.122. The van der Waals surface area contributed by atoms with Crippen molar-refractivity contribution < 1.29 is 9.53 Å². The number of amidine groups is 1. The molecule has 2 aromatic heterocycles. The number of anilines is 1. The summed E-state index contributed by atoms with van der Waals surface area (Å²) in [5.41, 5.74) is 9.23. The fourth-order valence-corrected chi connectivity index (χ4v) is 4.30. The maximum Gasteiger partial charge on any atom is 0.268 e. The van der Waals surface area contributed by atoms with Gasteiger partial charge in [0.05, 0.1) is 12.1 Å². The third kappa shape index (κ3) is 2.75. The maximum atomic E-state index is 12.9. The molecule has 8 nitrogen and oxygen atoms in total. The minimum Gasteiger partial charge on any atom is -0.382 e. The lowest BCUT2D eigenvalue weighted by atomic mass is 10.1. The normalized spacial score (nSPS) is 21.6. The van der Waals surface area contributed by atoms with Crippen molar-refractivity contribution in [1.82, 2.24) is 19.6 Å². The Kier molecular flexibility index (Phi) is 4.76. The molecule has 1 amide bonds. The number of aromatic nitrogens is 2. The van der Waals surface area contributed by atoms with Crippen molar-refractivity contribution in [3.63, 3.8) is 0 Å². The molecule has 2 aliphatic rings. The molecule has 0 bridgehead atoms. The van der Waals surface area contributed by atoms with Gasteiger partial charge in [0.15, 0.2) is 17.0 Å². The predicted octanol–water partition coefficient (Wildman–Crippen LogP) is 2.79. The van der Waals surface area contributed by atoms with E-state index >= 15 is 0 Å². The molecule has 0 radical (unpaired) electrons. The molecule has 0 aliphatic carbocycles. The third-order valence-corrected chi connectivity index (χ3v) is 5.28. The van der Waals surface area contributed by atoms with E-state index in [1.807, 2.05) is 24.1 Å². The number of nitrogens with two attached hydrogens (primary N) is 1. The Morgan fingerprint density at radius 3 is 2.89 bits per heavy atom. The van der Waals surface area contributed by atoms with Gasteiger partial charge in [-0.1, -0.05) is 13.8 Å². The average molecular weight is 383 g/mol. The number of carbonyl (C=O) groups is 1. The van der Waals surface area contributed by atoms with Gasteiger partial charge in [0.2, 0.25) is 5.69 Å². The number of quaternary nitrogens is 1. The molecule has 2 aromatic rings. The molecule has 2 N–H and O–H groups in total. The van der Waals surface area contributed by atoms with Crippen LogP contribution in [0.1, 0.15) is 33.6 Å². The monoisotopic (exact) mass is 383 g/mol. The van der Waals surface area contributed by atoms with E-state index in [1.54, 1.807) is 6.20 Å². The Bertz CT molecular complexity index is 957. The highest BCUT2D eigenvalue weighted by Crippen LogP contribution is 2.49. The number of nitrogens with zero attached hydrogens (tertiary/aromatic N) is 5. The summed E-state index contributed by atoms with van der Waals surface area (Å²) < 4.78 is 5.98. The van der Waals surface area contributed by atoms with Gasteiger partial charge < -0.3 is 10.5 Å². The molecule has 1 saturated heterocycles. The number of amides is 1. The first-order valence-electron chi connectivity index (χ1n) is 9.88. The van der Waals surface area contributed by atoms with E-state index in [1.165, 1.54) is 0 Å². The summed E-state index contributed by atoms with van der Waals surface area (Å²) in [5.74, 6) is 1.56. The van der Waals surface area contributed by atoms with Gasteiger partial charge in [0.25, 0.3) is 11.7 Å². The van der Waals surface area contributed by atoms with Crippen LogP contribution in [0.2, 0.25) is 0 Å². The van der Waals surface area contributed by atoms with Crippen molar-refractivity contribution in [3.8, 4) is 0 Å². The lowest BCUT2D eigenvalue weighted by molar-refractivity contribution is -0.137. The maximum absolute atomic E-state index is 12.9. The van der Waals surface area contributed by atoms with Crippen LogP contribution in [0.4, 0.5) is 17.2 Å². The highest BCUT2D eigenvalue weighted by molar-refractivity contribution is 6.13. The number of fused-ring (bicyclic) bond motifs is 3. The summed E-state index contributed by atoms with van der Waals surface area (Å²) in [6, 6.07) is 3.74. The topological polar surface area (TPSA) is 93.7 Å². The first-order valence-corrected chi connectivity index (χ1v) is 9.88. The standard InChI is InChI=1S/C20H27N6O2/c1-4-28-12-15-24-18-19(17-14(23-20(18)21)7-5-9-22-17)26(15,11-13(2)3)25-10-6-8-16(25)27/h5,7,9,13H,4,6,8,10-12H2,1-3H3,(H2,21,23)/q+1. The number of rotatable bonds is 6. The van der Waals surface area contributed by atoms with Gasteiger partial charge in [-0.25, -0.2) is 9.97 Å². The summed E-state index contributed by atoms with van der Waals surface area (Å²) >= 11 is 0. The molecule has 0 spiro atoms. The largest absolute Gasteiger partial charge is 0.382 e. The van der Waals surface area contributed by atoms with Gasteiger partial charge in [-0.3, -0.25) is 4.79 Å². The fourth-order valence-electron chi connectivity index (χ4n) is 4.30. The van der Waals surface area contributed by atoms with Crippen LogP contribution in [-0.4, -0.2) is 53.0 Å². The molecule has 8 heteroatoms. The molecule has 1 unspecified atom stereocenters. The van der Waals surface area contributed by atoms with E-state index in [0.29, 0.717) is 55.7 Å². The average Bonchev–Trinajstić information content (AvgIpc) is 3.22. The number of aliphatic imine (C=N–C) groups is 1. The van der Waals surface area contributed by atoms with Crippen LogP contribution in [0.5, 0.6) is 0 Å². The Morgan fingerprint density at radius 1 is 1.39 bits per heavy atom. The summed E-state index contributed by atoms with van der Waals surface area (Å²) in [4.78, 5) is 26.9. The predicted molar refractivity (Wildman–Crippen MR) is 110 cm³/mol. The van der Waals surface area contributed by atoms with Crippen molar-refractivity contribution in [2.75, 3.05) is 32.0 Å². The quantitative estimate of drug-likeness (QED) is 0.774. The summed E-state index contributed by atoms with van der Waals surface area (Å²) in [6.07, 6.45) is 3.12. The number of pyridine rings is 2. The molecular weight excluding hydrogens is 356 g/mol. The van der Waals surface area contributed by atoms with Gasteiger partial charge in [0, 0.05) is 25.1 Å². The summed E-state index contributed by atoms with van der Waals surface area (Å²) in [7, 11) is 0. The zero-order chi connectivity index (χ0) is 19.9. The van der Waals surface area contributed by atoms with Gasteiger partial charge in [0.1, 0.15) is 13.2 Å². The van der Waals surface area contributed by atoms with E-state index in [-0.39, 0.29) is 10.5 Å². The van der Waals surface area contributed by atoms with Gasteiger partial charge in [-0.15, -0.1) is 4.59 Å². The van der Waals surface area contributed by atoms with Crippen LogP contribution in [0.25, 0.3) is 11.0 Å². The molecule has 0 aromatic carbocycles. The van der Waals surface area contributed by atoms with Crippen LogP contribution in [0.3, 0.4) is 0 Å². The van der Waals surface area contributed by atoms with E-state index in [2.05, 4.69) is 23.8 Å². The molecule has 28 heavy (non-hydrogen) atoms. The van der Waals surface area contributed by atoms with Crippen LogP contribution in [0, 0.1) is 5.92 Å². The molecular formula is C20H27N6O2+. The van der Waals surface area contributed by atoms with Crippen molar-refractivity contribution >= 4 is 40.0 Å². The van der Waals surface area contributed by atoms with Gasteiger partial charge in [-0.05, 0) is 25.5 Å². The third-order valence-electron chi connectivity index (χ3n) is 5.28. The highest BCUT2D eigenvalue weighted by atomic mass is 16.5. The second-order valence-electron chi connectivity index (χ2n) is 7.70. The van der Waals surface area contributed by atoms with Crippen molar-refractivity contribution in [2.24, 2.45) is 10.9 Å². The molecule has 4 rings (SSSR count). The van der Waals surface area contributed by atoms with E-state index in [9.17, 15) is 4.79 Å². The molecule has 148 valence electrons. The molecule has 2 aliphatic heterocycles. The van der Waals surface area contributed by atoms with Crippen molar-refractivity contribution in [1.29, 1.82) is 0 Å². The number of ether oxygens (including phenoxy) is 1. The van der Waals surface area contributed by atoms with Crippen LogP contribution in [-0.2, 0) is 9.53 Å². The van der Waals surface area contributed by atoms with Crippen LogP contribution in [0.15, 0.2) is 23.3 Å². The second kappa shape index (κ2) is 7.10. The number of nitrogen functional groups attached to an aromatic ring is 1. The van der Waals surface area contributed by atoms with Crippen LogP contribution < -0.4 is 10.3 Å². The molecule has 1 fully saturated rings. The summed E-state index contributed by atoms with van der Waals surface area (Å²) in [6.45, 7) is 8.50. The van der Waals surface area contributed by atoms with E-state index in [4.69, 9.17) is 15.5 Å². The molecule has 4 heterocycles. The Hall–Kier alpha value is -2.58. The van der Waals surface area contributed by atoms with Gasteiger partial charge >= 0.3 is 0 Å². The lowest BCUT2D eigenvalue weighted by Gasteiger charge is -2.41. The SMILES string of the molecule is CCOCC1=Nc2c(N)nc3cccnc3c2[N+]1(CC(C)C)N1CCCC1=O. The Morgan fingerprint density at radius 2 is 2.21 bits per heavy atom. The fraction of sp³-hybridized carbons (Fsp3) is 0.500. The van der Waals surface area contributed by atoms with Crippen molar-refractivity contribution in [2.45, 2.75) is 33.6 Å². The number of hydrogen-bond acceptors (Lipinski definition) is 6. The van der Waals surface area contributed by atoms with Crippen molar-refractivity contribution in [3.05, 3.63) is 18.3 Å². The van der Waals surface area contributed by atoms with Crippen LogP contribution >= 0.6 is 0 Å². The molecule has 1 atom stereocenters. The summed E-state index contributed by atoms with van der Waals surface area (Å²) in [5, 5.41) is 1.93. The number of hydrogen-bond donors (Lipinski definition) is 1. The smallest absolute Gasteiger partial charge is 0.268 e. The van der Waals surface area contributed by atoms with Gasteiger partial charge in [-0.2, -0.15) is 10.0 Å². The number of carbonyl (C=O) groups excluding carboxylic acids is 1. The first kappa shape index (κ1) is 18.8. The second-order valence-corrected chi connectivity index (χ2v) is 7.70. The lowest BCUT2D eigenvalue weighted by Crippen LogP contribution is -2.67. The Balaban J connectivity index is 2.04. The zero-order valence-electron chi connectivity index (χ0n) is 16.7. The van der Waals surface area contributed by atoms with E-state index in [0.717, 1.165) is 23.5 Å². The highest BCUT2D eigenvalue weighted by Gasteiger charge is 2.55. The minimum atomic E-state index is 0.122.